The second kappa shape index (κ2) is 7.41. The molecule has 0 unspecified atom stereocenters. The molecule has 1 N–H and O–H groups in total. The predicted octanol–water partition coefficient (Wildman–Crippen LogP) is 5.20. The van der Waals surface area contributed by atoms with E-state index in [-0.39, 0.29) is 11.3 Å². The van der Waals surface area contributed by atoms with E-state index >= 15 is 0 Å². The van der Waals surface area contributed by atoms with E-state index in [1.165, 1.54) is 11.3 Å². The second-order valence-electron chi connectivity index (χ2n) is 4.88. The molecular formula is C12H16Br3NOS. The molecule has 1 rings (SSSR count). The van der Waals surface area contributed by atoms with Gasteiger partial charge in [-0.15, -0.1) is 11.3 Å². The Morgan fingerprint density at radius 1 is 1.44 bits per heavy atom. The Hall–Kier alpha value is 0.610. The summed E-state index contributed by atoms with van der Waals surface area (Å²) in [6, 6.07) is 1.84. The average Bonchev–Trinajstić information content (AvgIpc) is 2.63. The van der Waals surface area contributed by atoms with Gasteiger partial charge in [-0.05, 0) is 56.2 Å². The van der Waals surface area contributed by atoms with Crippen molar-refractivity contribution in [3.8, 4) is 0 Å². The molecule has 0 spiro atoms. The average molecular weight is 462 g/mol. The molecular weight excluding hydrogens is 446 g/mol. The van der Waals surface area contributed by atoms with Gasteiger partial charge in [0.2, 0.25) is 0 Å². The Morgan fingerprint density at radius 2 is 2.11 bits per heavy atom. The van der Waals surface area contributed by atoms with Gasteiger partial charge in [-0.1, -0.05) is 29.8 Å². The molecule has 1 aromatic heterocycles. The molecule has 18 heavy (non-hydrogen) atoms. The zero-order chi connectivity index (χ0) is 13.8. The van der Waals surface area contributed by atoms with Crippen LogP contribution in [0.4, 0.5) is 0 Å². The first kappa shape index (κ1) is 16.7. The standard InChI is InChI=1S/C12H16Br3NOS/c1-12(2,4-3-5-13)7-16-11(17)8-6-9(14)18-10(8)15/h6H,3-5,7H2,1-2H3,(H,16,17). The van der Waals surface area contributed by atoms with Crippen LogP contribution < -0.4 is 5.32 Å². The number of alkyl halides is 1. The van der Waals surface area contributed by atoms with E-state index in [1.54, 1.807) is 0 Å². The minimum absolute atomic E-state index is 0.0178. The lowest BCUT2D eigenvalue weighted by Crippen LogP contribution is -2.34. The fraction of sp³-hybridized carbons (Fsp3) is 0.583. The summed E-state index contributed by atoms with van der Waals surface area (Å²) in [6.45, 7) is 5.04. The lowest BCUT2D eigenvalue weighted by molar-refractivity contribution is 0.0934. The quantitative estimate of drug-likeness (QED) is 0.579. The van der Waals surface area contributed by atoms with Gasteiger partial charge in [0.25, 0.3) is 5.91 Å². The number of nitrogens with one attached hydrogen (secondary N) is 1. The number of carbonyl (C=O) groups is 1. The van der Waals surface area contributed by atoms with Crippen molar-refractivity contribution in [3.05, 3.63) is 19.2 Å². The van der Waals surface area contributed by atoms with Gasteiger partial charge in [0.15, 0.2) is 0 Å². The van der Waals surface area contributed by atoms with Crippen molar-refractivity contribution in [3.63, 3.8) is 0 Å². The third kappa shape index (κ3) is 5.31. The fourth-order valence-electron chi connectivity index (χ4n) is 1.54. The SMILES string of the molecule is CC(C)(CCCBr)CNC(=O)c1cc(Br)sc1Br. The minimum Gasteiger partial charge on any atom is -0.351 e. The highest BCUT2D eigenvalue weighted by molar-refractivity contribution is 9.12. The maximum atomic E-state index is 12.0. The number of amides is 1. The van der Waals surface area contributed by atoms with Gasteiger partial charge in [-0.2, -0.15) is 0 Å². The van der Waals surface area contributed by atoms with E-state index < -0.39 is 0 Å². The molecule has 0 aromatic carbocycles. The monoisotopic (exact) mass is 459 g/mol. The van der Waals surface area contributed by atoms with E-state index in [0.717, 1.165) is 25.7 Å². The van der Waals surface area contributed by atoms with Crippen LogP contribution in [0.25, 0.3) is 0 Å². The van der Waals surface area contributed by atoms with E-state index in [0.29, 0.717) is 12.1 Å². The van der Waals surface area contributed by atoms with Gasteiger partial charge in [0, 0.05) is 11.9 Å². The van der Waals surface area contributed by atoms with Crippen molar-refractivity contribution in [2.45, 2.75) is 26.7 Å². The highest BCUT2D eigenvalue weighted by Gasteiger charge is 2.20. The number of hydrogen-bond donors (Lipinski definition) is 1. The zero-order valence-electron chi connectivity index (χ0n) is 10.4. The first-order chi connectivity index (χ1) is 8.35. The first-order valence-electron chi connectivity index (χ1n) is 5.65. The van der Waals surface area contributed by atoms with E-state index in [4.69, 9.17) is 0 Å². The summed E-state index contributed by atoms with van der Waals surface area (Å²) < 4.78 is 1.82. The molecule has 0 aliphatic heterocycles. The molecule has 0 bridgehead atoms. The molecule has 102 valence electrons. The van der Waals surface area contributed by atoms with Crippen molar-refractivity contribution in [2.24, 2.45) is 5.41 Å². The van der Waals surface area contributed by atoms with Gasteiger partial charge >= 0.3 is 0 Å². The fourth-order valence-corrected chi connectivity index (χ4v) is 4.62. The van der Waals surface area contributed by atoms with Gasteiger partial charge in [0.1, 0.15) is 0 Å². The predicted molar refractivity (Wildman–Crippen MR) is 88.9 cm³/mol. The van der Waals surface area contributed by atoms with Gasteiger partial charge in [0.05, 0.1) is 13.1 Å². The molecule has 0 aliphatic carbocycles. The summed E-state index contributed by atoms with van der Waals surface area (Å²) in [6.07, 6.45) is 2.21. The van der Waals surface area contributed by atoms with Crippen LogP contribution in [0.1, 0.15) is 37.0 Å². The van der Waals surface area contributed by atoms with Crippen LogP contribution in [0, 0.1) is 5.41 Å². The summed E-state index contributed by atoms with van der Waals surface area (Å²) in [4.78, 5) is 12.0. The maximum Gasteiger partial charge on any atom is 0.253 e. The number of hydrogen-bond acceptors (Lipinski definition) is 2. The Morgan fingerprint density at radius 3 is 2.61 bits per heavy atom. The van der Waals surface area contributed by atoms with Crippen LogP contribution in [0.2, 0.25) is 0 Å². The Bertz CT molecular complexity index is 417. The molecule has 0 radical (unpaired) electrons. The first-order valence-corrected chi connectivity index (χ1v) is 9.17. The molecule has 0 saturated carbocycles. The summed E-state index contributed by atoms with van der Waals surface area (Å²) in [5, 5.41) is 4.01. The van der Waals surface area contributed by atoms with Crippen molar-refractivity contribution in [1.82, 2.24) is 5.32 Å². The summed E-state index contributed by atoms with van der Waals surface area (Å²) >= 11 is 11.7. The van der Waals surface area contributed by atoms with Crippen molar-refractivity contribution >= 4 is 65.0 Å². The summed E-state index contributed by atoms with van der Waals surface area (Å²) in [7, 11) is 0. The molecule has 0 saturated heterocycles. The van der Waals surface area contributed by atoms with E-state index in [1.807, 2.05) is 6.07 Å². The maximum absolute atomic E-state index is 12.0. The van der Waals surface area contributed by atoms with E-state index in [2.05, 4.69) is 67.0 Å². The number of rotatable bonds is 6. The summed E-state index contributed by atoms with van der Waals surface area (Å²) in [5.41, 5.74) is 0.826. The van der Waals surface area contributed by atoms with Crippen molar-refractivity contribution in [2.75, 3.05) is 11.9 Å². The lowest BCUT2D eigenvalue weighted by Gasteiger charge is -2.24. The highest BCUT2D eigenvalue weighted by Crippen LogP contribution is 2.32. The molecule has 1 heterocycles. The second-order valence-corrected chi connectivity index (χ2v) is 9.42. The summed E-state index contributed by atoms with van der Waals surface area (Å²) in [5.74, 6) is -0.0178. The molecule has 6 heteroatoms. The number of carbonyl (C=O) groups excluding carboxylic acids is 1. The van der Waals surface area contributed by atoms with Gasteiger partial charge in [-0.25, -0.2) is 0 Å². The van der Waals surface area contributed by atoms with Gasteiger partial charge in [-0.3, -0.25) is 4.79 Å². The van der Waals surface area contributed by atoms with Crippen molar-refractivity contribution in [1.29, 1.82) is 0 Å². The third-order valence-electron chi connectivity index (χ3n) is 2.62. The van der Waals surface area contributed by atoms with Crippen LogP contribution in [-0.2, 0) is 0 Å². The third-order valence-corrected chi connectivity index (χ3v) is 5.52. The normalized spacial score (nSPS) is 11.6. The Balaban J connectivity index is 2.53. The Kier molecular flexibility index (Phi) is 6.86. The van der Waals surface area contributed by atoms with E-state index in [9.17, 15) is 4.79 Å². The van der Waals surface area contributed by atoms with Crippen molar-refractivity contribution < 1.29 is 4.79 Å². The molecule has 1 aromatic rings. The molecule has 2 nitrogen and oxygen atoms in total. The van der Waals surface area contributed by atoms with Crippen LogP contribution in [-0.4, -0.2) is 17.8 Å². The minimum atomic E-state index is -0.0178. The van der Waals surface area contributed by atoms with Crippen LogP contribution in [0.5, 0.6) is 0 Å². The number of thiophene rings is 1. The topological polar surface area (TPSA) is 29.1 Å². The van der Waals surface area contributed by atoms with Crippen LogP contribution in [0.3, 0.4) is 0 Å². The molecule has 0 atom stereocenters. The van der Waals surface area contributed by atoms with Gasteiger partial charge < -0.3 is 5.32 Å². The molecule has 1 amide bonds. The number of halogens is 3. The largest absolute Gasteiger partial charge is 0.351 e. The zero-order valence-corrected chi connectivity index (χ0v) is 15.9. The molecule has 0 aliphatic rings. The highest BCUT2D eigenvalue weighted by atomic mass is 79.9. The smallest absolute Gasteiger partial charge is 0.253 e. The van der Waals surface area contributed by atoms with Crippen LogP contribution in [0.15, 0.2) is 13.6 Å². The lowest BCUT2D eigenvalue weighted by atomic mass is 9.88. The molecule has 0 fully saturated rings. The Labute approximate surface area is 137 Å². The van der Waals surface area contributed by atoms with Crippen LogP contribution >= 0.6 is 59.1 Å².